The molecule has 2 rings (SSSR count). The number of hydrogen-bond donors (Lipinski definition) is 2. The Morgan fingerprint density at radius 2 is 2.24 bits per heavy atom. The highest BCUT2D eigenvalue weighted by Crippen LogP contribution is 2.23. The van der Waals surface area contributed by atoms with Gasteiger partial charge in [0, 0.05) is 25.0 Å². The predicted molar refractivity (Wildman–Crippen MR) is 75.6 cm³/mol. The lowest BCUT2D eigenvalue weighted by molar-refractivity contribution is -0.123. The van der Waals surface area contributed by atoms with E-state index < -0.39 is 5.91 Å². The number of carbonyl (C=O) groups is 2. The largest absolute Gasteiger partial charge is 0.375 e. The van der Waals surface area contributed by atoms with Crippen molar-refractivity contribution in [2.45, 2.75) is 38.3 Å². The molecule has 1 aromatic heterocycles. The zero-order chi connectivity index (χ0) is 15.3. The molecule has 0 unspecified atom stereocenters. The number of rotatable bonds is 4. The molecule has 1 aliphatic heterocycles. The van der Waals surface area contributed by atoms with Gasteiger partial charge in [0.05, 0.1) is 18.3 Å². The van der Waals surface area contributed by atoms with Gasteiger partial charge >= 0.3 is 0 Å². The van der Waals surface area contributed by atoms with Gasteiger partial charge in [0.2, 0.25) is 5.91 Å². The molecule has 1 aromatic rings. The zero-order valence-electron chi connectivity index (χ0n) is 12.3. The van der Waals surface area contributed by atoms with Gasteiger partial charge in [0.15, 0.2) is 0 Å². The van der Waals surface area contributed by atoms with E-state index in [1.165, 1.54) is 18.6 Å². The molecule has 21 heavy (non-hydrogen) atoms. The molecular weight excluding hydrogens is 272 g/mol. The third-order valence-electron chi connectivity index (χ3n) is 3.27. The first-order valence-corrected chi connectivity index (χ1v) is 6.94. The molecule has 7 heteroatoms. The Labute approximate surface area is 123 Å². The van der Waals surface area contributed by atoms with E-state index in [0.29, 0.717) is 6.61 Å². The van der Waals surface area contributed by atoms with Gasteiger partial charge in [-0.05, 0) is 26.7 Å². The number of amides is 2. The van der Waals surface area contributed by atoms with Crippen LogP contribution in [-0.4, -0.2) is 46.6 Å². The van der Waals surface area contributed by atoms with Gasteiger partial charge < -0.3 is 15.4 Å². The summed E-state index contributed by atoms with van der Waals surface area (Å²) in [4.78, 5) is 31.3. The predicted octanol–water partition coefficient (Wildman–Crippen LogP) is 0.280. The maximum absolute atomic E-state index is 11.9. The van der Waals surface area contributed by atoms with Crippen LogP contribution in [0.25, 0.3) is 0 Å². The molecule has 1 saturated heterocycles. The van der Waals surface area contributed by atoms with Crippen molar-refractivity contribution in [3.8, 4) is 0 Å². The first-order valence-electron chi connectivity index (χ1n) is 6.94. The van der Waals surface area contributed by atoms with Crippen LogP contribution >= 0.6 is 0 Å². The van der Waals surface area contributed by atoms with Crippen molar-refractivity contribution in [3.05, 3.63) is 24.3 Å². The zero-order valence-corrected chi connectivity index (χ0v) is 12.3. The fourth-order valence-electron chi connectivity index (χ4n) is 2.30. The van der Waals surface area contributed by atoms with Crippen LogP contribution in [0.3, 0.4) is 0 Å². The van der Waals surface area contributed by atoms with E-state index in [4.69, 9.17) is 4.74 Å². The molecule has 2 amide bonds. The molecule has 0 spiro atoms. The highest BCUT2D eigenvalue weighted by atomic mass is 16.5. The van der Waals surface area contributed by atoms with Gasteiger partial charge in [-0.2, -0.15) is 0 Å². The molecule has 0 saturated carbocycles. The summed E-state index contributed by atoms with van der Waals surface area (Å²) in [7, 11) is 0. The maximum Gasteiger partial charge on any atom is 0.271 e. The Morgan fingerprint density at radius 1 is 1.43 bits per heavy atom. The minimum atomic E-state index is -0.412. The Bertz CT molecular complexity index is 504. The fourth-order valence-corrected chi connectivity index (χ4v) is 2.30. The topological polar surface area (TPSA) is 93.2 Å². The van der Waals surface area contributed by atoms with E-state index >= 15 is 0 Å². The second kappa shape index (κ2) is 6.62. The number of nitrogens with one attached hydrogen (secondary N) is 2. The van der Waals surface area contributed by atoms with Crippen LogP contribution in [0.15, 0.2) is 18.6 Å². The summed E-state index contributed by atoms with van der Waals surface area (Å²) in [6, 6.07) is 0.0784. The summed E-state index contributed by atoms with van der Waals surface area (Å²) in [5, 5.41) is 5.44. The maximum atomic E-state index is 11.9. The van der Waals surface area contributed by atoms with Crippen LogP contribution < -0.4 is 10.6 Å². The Morgan fingerprint density at radius 3 is 2.90 bits per heavy atom. The Hall–Kier alpha value is -2.02. The van der Waals surface area contributed by atoms with Crippen LogP contribution in [0.4, 0.5) is 0 Å². The molecule has 114 valence electrons. The summed E-state index contributed by atoms with van der Waals surface area (Å²) >= 11 is 0. The first-order chi connectivity index (χ1) is 9.96. The van der Waals surface area contributed by atoms with E-state index in [-0.39, 0.29) is 29.8 Å². The second-order valence-electron chi connectivity index (χ2n) is 5.64. The number of nitrogens with zero attached hydrogens (tertiary/aromatic N) is 2. The van der Waals surface area contributed by atoms with E-state index in [0.717, 1.165) is 12.8 Å². The normalized spacial score (nSPS) is 20.6. The van der Waals surface area contributed by atoms with Gasteiger partial charge in [-0.15, -0.1) is 0 Å². The van der Waals surface area contributed by atoms with E-state index in [1.54, 1.807) is 0 Å². The second-order valence-corrected chi connectivity index (χ2v) is 5.64. The van der Waals surface area contributed by atoms with Gasteiger partial charge in [0.25, 0.3) is 5.91 Å². The van der Waals surface area contributed by atoms with Crippen molar-refractivity contribution in [3.63, 3.8) is 0 Å². The van der Waals surface area contributed by atoms with Crippen LogP contribution in [0.1, 0.15) is 37.2 Å². The number of hydrogen-bond acceptors (Lipinski definition) is 5. The molecule has 2 heterocycles. The first kappa shape index (κ1) is 15.4. The van der Waals surface area contributed by atoms with Gasteiger partial charge in [0.1, 0.15) is 5.69 Å². The average molecular weight is 292 g/mol. The van der Waals surface area contributed by atoms with Crippen LogP contribution in [0.2, 0.25) is 0 Å². The van der Waals surface area contributed by atoms with Crippen molar-refractivity contribution in [1.29, 1.82) is 0 Å². The number of ether oxygens (including phenoxy) is 1. The molecule has 0 radical (unpaired) electrons. The van der Waals surface area contributed by atoms with Gasteiger partial charge in [-0.3, -0.25) is 14.6 Å². The summed E-state index contributed by atoms with van der Waals surface area (Å²) in [6.07, 6.45) is 5.81. The highest BCUT2D eigenvalue weighted by Gasteiger charge is 2.29. The number of carbonyl (C=O) groups excluding carboxylic acids is 2. The van der Waals surface area contributed by atoms with E-state index in [9.17, 15) is 9.59 Å². The van der Waals surface area contributed by atoms with E-state index in [2.05, 4.69) is 20.6 Å². The number of aromatic nitrogens is 2. The molecule has 1 aliphatic rings. The third-order valence-corrected chi connectivity index (χ3v) is 3.27. The average Bonchev–Trinajstić information content (AvgIpc) is 2.44. The molecule has 2 N–H and O–H groups in total. The monoisotopic (exact) mass is 292 g/mol. The Kier molecular flexibility index (Phi) is 4.85. The smallest absolute Gasteiger partial charge is 0.271 e. The fraction of sp³-hybridized carbons (Fsp3) is 0.571. The van der Waals surface area contributed by atoms with Crippen molar-refractivity contribution in [2.24, 2.45) is 0 Å². The minimum absolute atomic E-state index is 0.0762. The van der Waals surface area contributed by atoms with Crippen LogP contribution in [-0.2, 0) is 9.53 Å². The van der Waals surface area contributed by atoms with Crippen molar-refractivity contribution < 1.29 is 14.3 Å². The molecule has 1 atom stereocenters. The van der Waals surface area contributed by atoms with Crippen molar-refractivity contribution >= 4 is 11.8 Å². The van der Waals surface area contributed by atoms with Gasteiger partial charge in [-0.1, -0.05) is 0 Å². The molecule has 1 fully saturated rings. The van der Waals surface area contributed by atoms with E-state index in [1.807, 2.05) is 13.8 Å². The SMILES string of the molecule is CC1(C)C[C@H](NC(=O)CNC(=O)c2cnccn2)CCO1. The lowest BCUT2D eigenvalue weighted by Gasteiger charge is -2.35. The van der Waals surface area contributed by atoms with Crippen molar-refractivity contribution in [1.82, 2.24) is 20.6 Å². The van der Waals surface area contributed by atoms with Gasteiger partial charge in [-0.25, -0.2) is 4.98 Å². The molecule has 0 aliphatic carbocycles. The molecule has 0 aromatic carbocycles. The standard InChI is InChI=1S/C14H20N4O3/c1-14(2)7-10(3-6-21-14)18-12(19)9-17-13(20)11-8-15-4-5-16-11/h4-5,8,10H,3,6-7,9H2,1-2H3,(H,17,20)(H,18,19)/t10-/m1/s1. The lowest BCUT2D eigenvalue weighted by atomic mass is 9.94. The summed E-state index contributed by atoms with van der Waals surface area (Å²) in [6.45, 7) is 4.55. The molecule has 0 bridgehead atoms. The van der Waals surface area contributed by atoms with Crippen LogP contribution in [0.5, 0.6) is 0 Å². The molecular formula is C14H20N4O3. The highest BCUT2D eigenvalue weighted by molar-refractivity contribution is 5.94. The minimum Gasteiger partial charge on any atom is -0.375 e. The summed E-state index contributed by atoms with van der Waals surface area (Å²) in [5.41, 5.74) is -0.0310. The third kappa shape index (κ3) is 4.78. The summed E-state index contributed by atoms with van der Waals surface area (Å²) < 4.78 is 5.60. The Balaban J connectivity index is 1.76. The lowest BCUT2D eigenvalue weighted by Crippen LogP contribution is -2.48. The molecule has 7 nitrogen and oxygen atoms in total. The summed E-state index contributed by atoms with van der Waals surface area (Å²) in [5.74, 6) is -0.625. The quantitative estimate of drug-likeness (QED) is 0.831. The van der Waals surface area contributed by atoms with Crippen molar-refractivity contribution in [2.75, 3.05) is 13.2 Å². The van der Waals surface area contributed by atoms with Crippen LogP contribution in [0, 0.1) is 0 Å².